The third-order valence-electron chi connectivity index (χ3n) is 4.46. The number of aliphatic hydroxyl groups excluding tert-OH is 1. The molecule has 1 aliphatic carbocycles. The molecule has 5 nitrogen and oxygen atoms in total. The van der Waals surface area contributed by atoms with E-state index in [0.717, 1.165) is 5.56 Å². The van der Waals surface area contributed by atoms with Gasteiger partial charge in [0.2, 0.25) is 0 Å². The van der Waals surface area contributed by atoms with E-state index in [1.807, 2.05) is 0 Å². The van der Waals surface area contributed by atoms with Crippen LogP contribution in [-0.2, 0) is 9.84 Å². The lowest BCUT2D eigenvalue weighted by Crippen LogP contribution is -2.35. The van der Waals surface area contributed by atoms with Crippen LogP contribution in [0.2, 0.25) is 0 Å². The van der Waals surface area contributed by atoms with Crippen molar-refractivity contribution in [3.05, 3.63) is 60.2 Å². The second-order valence-corrected chi connectivity index (χ2v) is 7.87. The minimum atomic E-state index is -3.61. The van der Waals surface area contributed by atoms with Crippen LogP contribution in [0.5, 0.6) is 5.75 Å². The number of hydrogen-bond donors (Lipinski definition) is 2. The van der Waals surface area contributed by atoms with Crippen LogP contribution >= 0.6 is 0 Å². The molecule has 0 aliphatic heterocycles. The van der Waals surface area contributed by atoms with Crippen molar-refractivity contribution in [3.63, 3.8) is 0 Å². The summed E-state index contributed by atoms with van der Waals surface area (Å²) in [5.41, 5.74) is 5.82. The minimum absolute atomic E-state index is 0.226. The van der Waals surface area contributed by atoms with E-state index in [1.165, 1.54) is 0 Å². The molecule has 0 heterocycles. The quantitative estimate of drug-likeness (QED) is 0.861. The normalized spacial score (nSPS) is 26.7. The van der Waals surface area contributed by atoms with Gasteiger partial charge in [-0.1, -0.05) is 30.3 Å². The maximum Gasteiger partial charge on any atom is 0.183 e. The van der Waals surface area contributed by atoms with Crippen molar-refractivity contribution in [2.24, 2.45) is 5.73 Å². The van der Waals surface area contributed by atoms with Crippen LogP contribution in [-0.4, -0.2) is 38.0 Å². The van der Waals surface area contributed by atoms with Crippen LogP contribution in [0, 0.1) is 0 Å². The summed E-state index contributed by atoms with van der Waals surface area (Å²) in [4.78, 5) is 0.226. The van der Waals surface area contributed by atoms with Gasteiger partial charge in [-0.2, -0.15) is 0 Å². The van der Waals surface area contributed by atoms with Gasteiger partial charge in [-0.3, -0.25) is 0 Å². The number of methoxy groups -OCH3 is 1. The second-order valence-electron chi connectivity index (χ2n) is 5.80. The molecule has 2 aromatic carbocycles. The second kappa shape index (κ2) is 5.63. The molecular weight excluding hydrogens is 314 g/mol. The van der Waals surface area contributed by atoms with Gasteiger partial charge in [0.05, 0.1) is 29.4 Å². The predicted octanol–water partition coefficient (Wildman–Crippen LogP) is 1.32. The summed E-state index contributed by atoms with van der Waals surface area (Å²) in [6.07, 6.45) is 0. The van der Waals surface area contributed by atoms with E-state index in [-0.39, 0.29) is 11.5 Å². The van der Waals surface area contributed by atoms with Gasteiger partial charge >= 0.3 is 0 Å². The molecule has 6 heteroatoms. The monoisotopic (exact) mass is 333 g/mol. The molecule has 122 valence electrons. The summed E-state index contributed by atoms with van der Waals surface area (Å²) >= 11 is 0. The van der Waals surface area contributed by atoms with E-state index in [4.69, 9.17) is 10.5 Å². The number of nitrogens with two attached hydrogens (primary N) is 1. The molecule has 1 saturated carbocycles. The van der Waals surface area contributed by atoms with Crippen LogP contribution in [0.1, 0.15) is 11.5 Å². The Kier molecular flexibility index (Phi) is 3.91. The van der Waals surface area contributed by atoms with Gasteiger partial charge < -0.3 is 15.6 Å². The third kappa shape index (κ3) is 2.52. The van der Waals surface area contributed by atoms with Crippen LogP contribution in [0.3, 0.4) is 0 Å². The van der Waals surface area contributed by atoms with Crippen LogP contribution in [0.4, 0.5) is 0 Å². The number of benzene rings is 2. The molecular formula is C17H19NO4S. The highest BCUT2D eigenvalue weighted by Gasteiger charge is 2.69. The molecule has 3 unspecified atom stereocenters. The molecule has 3 N–H and O–H groups in total. The maximum atomic E-state index is 12.9. The molecule has 0 spiro atoms. The molecule has 0 bridgehead atoms. The van der Waals surface area contributed by atoms with Crippen molar-refractivity contribution in [1.82, 2.24) is 0 Å². The lowest BCUT2D eigenvalue weighted by molar-refractivity contribution is 0.253. The highest BCUT2D eigenvalue weighted by molar-refractivity contribution is 7.92. The highest BCUT2D eigenvalue weighted by atomic mass is 32.2. The molecule has 2 aromatic rings. The maximum absolute atomic E-state index is 12.9. The van der Waals surface area contributed by atoms with E-state index in [0.29, 0.717) is 5.75 Å². The van der Waals surface area contributed by atoms with Gasteiger partial charge in [0.15, 0.2) is 9.84 Å². The summed E-state index contributed by atoms with van der Waals surface area (Å²) in [6, 6.07) is 15.3. The predicted molar refractivity (Wildman–Crippen MR) is 87.2 cm³/mol. The van der Waals surface area contributed by atoms with Gasteiger partial charge in [-0.15, -0.1) is 0 Å². The minimum Gasteiger partial charge on any atom is -0.497 e. The Labute approximate surface area is 135 Å². The molecule has 0 aromatic heterocycles. The van der Waals surface area contributed by atoms with Gasteiger partial charge in [0, 0.05) is 5.92 Å². The van der Waals surface area contributed by atoms with E-state index in [9.17, 15) is 13.5 Å². The van der Waals surface area contributed by atoms with Crippen LogP contribution < -0.4 is 10.5 Å². The van der Waals surface area contributed by atoms with Gasteiger partial charge in [0.25, 0.3) is 0 Å². The molecule has 0 radical (unpaired) electrons. The van der Waals surface area contributed by atoms with E-state index in [1.54, 1.807) is 61.7 Å². The van der Waals surface area contributed by atoms with Gasteiger partial charge in [-0.05, 0) is 29.8 Å². The Morgan fingerprint density at radius 1 is 1.13 bits per heavy atom. The molecule has 0 saturated heterocycles. The Bertz CT molecular complexity index is 789. The summed E-state index contributed by atoms with van der Waals surface area (Å²) in [7, 11) is -2.05. The van der Waals surface area contributed by atoms with Gasteiger partial charge in [-0.25, -0.2) is 8.42 Å². The fourth-order valence-electron chi connectivity index (χ4n) is 3.13. The van der Waals surface area contributed by atoms with E-state index in [2.05, 4.69) is 0 Å². The fourth-order valence-corrected chi connectivity index (χ4v) is 5.45. The first kappa shape index (κ1) is 16.0. The number of aliphatic hydroxyl groups is 1. The zero-order valence-corrected chi connectivity index (χ0v) is 13.5. The van der Waals surface area contributed by atoms with Crippen molar-refractivity contribution in [2.75, 3.05) is 13.7 Å². The van der Waals surface area contributed by atoms with E-state index >= 15 is 0 Å². The number of rotatable bonds is 5. The van der Waals surface area contributed by atoms with Gasteiger partial charge in [0.1, 0.15) is 5.75 Å². The Hall–Kier alpha value is -1.89. The highest BCUT2D eigenvalue weighted by Crippen LogP contribution is 2.55. The van der Waals surface area contributed by atoms with Crippen molar-refractivity contribution in [3.8, 4) is 5.75 Å². The molecule has 3 rings (SSSR count). The van der Waals surface area contributed by atoms with Crippen molar-refractivity contribution < 1.29 is 18.3 Å². The summed E-state index contributed by atoms with van der Waals surface area (Å²) < 4.78 is 30.8. The average Bonchev–Trinajstić information content (AvgIpc) is 3.23. The van der Waals surface area contributed by atoms with Crippen LogP contribution in [0.15, 0.2) is 59.5 Å². The first-order valence-electron chi connectivity index (χ1n) is 7.28. The first-order chi connectivity index (χ1) is 10.9. The van der Waals surface area contributed by atoms with Crippen LogP contribution in [0.25, 0.3) is 0 Å². The summed E-state index contributed by atoms with van der Waals surface area (Å²) in [5, 5.41) is 8.83. The first-order valence-corrected chi connectivity index (χ1v) is 8.82. The van der Waals surface area contributed by atoms with Crippen molar-refractivity contribution in [1.29, 1.82) is 0 Å². The molecule has 23 heavy (non-hydrogen) atoms. The topological polar surface area (TPSA) is 89.6 Å². The number of sulfone groups is 1. The molecule has 0 amide bonds. The standard InChI is InChI=1S/C17H19NO4S/c1-22-13-9-7-12(8-10-13)15-16(17(15,18)11-19)23(20,21)14-5-3-2-4-6-14/h2-10,15-16,19H,11,18H2,1H3. The molecule has 1 fully saturated rings. The Morgan fingerprint density at radius 3 is 2.26 bits per heavy atom. The summed E-state index contributed by atoms with van der Waals surface area (Å²) in [5.74, 6) is 0.243. The molecule has 3 atom stereocenters. The fraction of sp³-hybridized carbons (Fsp3) is 0.294. The Balaban J connectivity index is 1.98. The number of hydrogen-bond acceptors (Lipinski definition) is 5. The van der Waals surface area contributed by atoms with E-state index < -0.39 is 26.5 Å². The van der Waals surface area contributed by atoms with Crippen molar-refractivity contribution >= 4 is 9.84 Å². The largest absolute Gasteiger partial charge is 0.497 e. The molecule has 1 aliphatic rings. The summed E-state index contributed by atoms with van der Waals surface area (Å²) in [6.45, 7) is -0.388. The SMILES string of the molecule is COc1ccc(C2C(S(=O)(=O)c3ccccc3)C2(N)CO)cc1. The third-order valence-corrected chi connectivity index (χ3v) is 6.77. The Morgan fingerprint density at radius 2 is 1.74 bits per heavy atom. The van der Waals surface area contributed by atoms with Crippen molar-refractivity contribution in [2.45, 2.75) is 21.6 Å². The zero-order chi connectivity index (χ0) is 16.7. The lowest BCUT2D eigenvalue weighted by atomic mass is 10.1. The zero-order valence-electron chi connectivity index (χ0n) is 12.7. The smallest absolute Gasteiger partial charge is 0.183 e. The number of ether oxygens (including phenoxy) is 1. The lowest BCUT2D eigenvalue weighted by Gasteiger charge is -2.08. The average molecular weight is 333 g/mol.